The summed E-state index contributed by atoms with van der Waals surface area (Å²) in [5.74, 6) is 6.18. The summed E-state index contributed by atoms with van der Waals surface area (Å²) in [6, 6.07) is 9.71. The number of nitrogens with two attached hydrogens (primary N) is 1. The Labute approximate surface area is 126 Å². The van der Waals surface area contributed by atoms with Crippen LogP contribution in [0.15, 0.2) is 36.7 Å². The lowest BCUT2D eigenvalue weighted by molar-refractivity contribution is 0.393. The number of thiazole rings is 1. The van der Waals surface area contributed by atoms with Crippen LogP contribution in [0.25, 0.3) is 10.2 Å². The van der Waals surface area contributed by atoms with E-state index in [1.54, 1.807) is 24.5 Å². The van der Waals surface area contributed by atoms with E-state index >= 15 is 0 Å². The van der Waals surface area contributed by atoms with Crippen LogP contribution in [0.1, 0.15) is 16.7 Å². The number of hydrogen-bond acceptors (Lipinski definition) is 7. The quantitative estimate of drug-likeness (QED) is 0.552. The van der Waals surface area contributed by atoms with Crippen LogP contribution in [0.5, 0.6) is 5.88 Å². The van der Waals surface area contributed by atoms with E-state index in [-0.39, 0.29) is 6.04 Å². The number of nitrogens with one attached hydrogen (secondary N) is 1. The average Bonchev–Trinajstić information content (AvgIpc) is 2.95. The average molecular weight is 301 g/mol. The number of hydrazine groups is 1. The normalized spacial score (nSPS) is 12.5. The van der Waals surface area contributed by atoms with Gasteiger partial charge in [0.25, 0.3) is 0 Å². The summed E-state index contributed by atoms with van der Waals surface area (Å²) in [6.07, 6.45) is 2.13. The second-order valence-electron chi connectivity index (χ2n) is 4.48. The third kappa shape index (κ3) is 2.99. The van der Waals surface area contributed by atoms with Gasteiger partial charge in [-0.3, -0.25) is 11.3 Å². The molecule has 3 aromatic rings. The molecule has 7 heteroatoms. The van der Waals surface area contributed by atoms with Crippen LogP contribution in [-0.4, -0.2) is 22.1 Å². The van der Waals surface area contributed by atoms with Crippen molar-refractivity contribution in [3.05, 3.63) is 47.4 Å². The molecule has 3 rings (SSSR count). The first-order chi connectivity index (χ1) is 10.3. The van der Waals surface area contributed by atoms with Gasteiger partial charge in [-0.05, 0) is 12.1 Å². The van der Waals surface area contributed by atoms with Gasteiger partial charge in [-0.1, -0.05) is 12.1 Å². The first-order valence-electron chi connectivity index (χ1n) is 6.46. The van der Waals surface area contributed by atoms with Gasteiger partial charge in [-0.25, -0.2) is 15.0 Å². The Balaban J connectivity index is 1.86. The zero-order valence-electron chi connectivity index (χ0n) is 11.5. The summed E-state index contributed by atoms with van der Waals surface area (Å²) in [4.78, 5) is 12.9. The lowest BCUT2D eigenvalue weighted by atomic mass is 10.1. The highest BCUT2D eigenvalue weighted by Crippen LogP contribution is 2.25. The number of hydrogen-bond donors (Lipinski definition) is 2. The number of aromatic nitrogens is 3. The van der Waals surface area contributed by atoms with Crippen molar-refractivity contribution in [1.29, 1.82) is 0 Å². The second kappa shape index (κ2) is 6.13. The van der Waals surface area contributed by atoms with Crippen molar-refractivity contribution in [3.63, 3.8) is 0 Å². The van der Waals surface area contributed by atoms with Crippen molar-refractivity contribution in [3.8, 4) is 5.88 Å². The molecule has 6 nitrogen and oxygen atoms in total. The molecular weight excluding hydrogens is 286 g/mol. The van der Waals surface area contributed by atoms with Crippen LogP contribution >= 0.6 is 11.3 Å². The fourth-order valence-corrected chi connectivity index (χ4v) is 3.10. The monoisotopic (exact) mass is 301 g/mol. The first kappa shape index (κ1) is 13.9. The van der Waals surface area contributed by atoms with Crippen molar-refractivity contribution < 1.29 is 4.74 Å². The molecule has 0 saturated carbocycles. The van der Waals surface area contributed by atoms with Crippen LogP contribution in [0.2, 0.25) is 0 Å². The lowest BCUT2D eigenvalue weighted by Crippen LogP contribution is -2.30. The summed E-state index contributed by atoms with van der Waals surface area (Å²) < 4.78 is 6.28. The lowest BCUT2D eigenvalue weighted by Gasteiger charge is -2.14. The molecule has 0 amide bonds. The van der Waals surface area contributed by atoms with Gasteiger partial charge in [-0.2, -0.15) is 0 Å². The Bertz CT molecular complexity index is 712. The molecule has 3 N–H and O–H groups in total. The molecule has 0 spiro atoms. The van der Waals surface area contributed by atoms with Gasteiger partial charge in [0, 0.05) is 12.5 Å². The third-order valence-electron chi connectivity index (χ3n) is 3.15. The van der Waals surface area contributed by atoms with Gasteiger partial charge >= 0.3 is 0 Å². The zero-order valence-corrected chi connectivity index (χ0v) is 12.3. The fraction of sp³-hybridized carbons (Fsp3) is 0.214. The van der Waals surface area contributed by atoms with Gasteiger partial charge in [0.05, 0.1) is 34.1 Å². The maximum Gasteiger partial charge on any atom is 0.216 e. The zero-order chi connectivity index (χ0) is 14.7. The Kier molecular flexibility index (Phi) is 4.05. The fourth-order valence-electron chi connectivity index (χ4n) is 2.09. The molecule has 108 valence electrons. The summed E-state index contributed by atoms with van der Waals surface area (Å²) in [7, 11) is 1.57. The van der Waals surface area contributed by atoms with Crippen LogP contribution in [-0.2, 0) is 6.42 Å². The molecule has 2 heterocycles. The SMILES string of the molecule is COc1cc(C(Cc2nc3ccccc3s2)NN)ncn1. The van der Waals surface area contributed by atoms with Gasteiger partial charge in [0.15, 0.2) is 0 Å². The molecule has 0 aliphatic heterocycles. The molecule has 0 saturated heterocycles. The number of benzene rings is 1. The number of fused-ring (bicyclic) bond motifs is 1. The minimum absolute atomic E-state index is 0.137. The summed E-state index contributed by atoms with van der Waals surface area (Å²) in [6.45, 7) is 0. The van der Waals surface area contributed by atoms with E-state index in [4.69, 9.17) is 10.6 Å². The van der Waals surface area contributed by atoms with Crippen LogP contribution in [0.3, 0.4) is 0 Å². The molecule has 1 atom stereocenters. The van der Waals surface area contributed by atoms with E-state index in [0.29, 0.717) is 12.3 Å². The summed E-state index contributed by atoms with van der Waals surface area (Å²) in [5.41, 5.74) is 4.57. The van der Waals surface area contributed by atoms with Crippen molar-refractivity contribution >= 4 is 21.6 Å². The van der Waals surface area contributed by atoms with E-state index in [9.17, 15) is 0 Å². The van der Waals surface area contributed by atoms with Crippen molar-refractivity contribution in [2.45, 2.75) is 12.5 Å². The molecule has 0 radical (unpaired) electrons. The Morgan fingerprint density at radius 1 is 1.33 bits per heavy atom. The molecule has 21 heavy (non-hydrogen) atoms. The Morgan fingerprint density at radius 2 is 2.19 bits per heavy atom. The number of ether oxygens (including phenoxy) is 1. The van der Waals surface area contributed by atoms with Gasteiger partial charge < -0.3 is 4.74 Å². The number of para-hydroxylation sites is 1. The molecule has 0 aliphatic carbocycles. The van der Waals surface area contributed by atoms with Gasteiger partial charge in [-0.15, -0.1) is 11.3 Å². The van der Waals surface area contributed by atoms with E-state index in [1.165, 1.54) is 11.0 Å². The third-order valence-corrected chi connectivity index (χ3v) is 4.21. The number of methoxy groups -OCH3 is 1. The molecule has 2 aromatic heterocycles. The molecule has 0 aliphatic rings. The molecular formula is C14H15N5OS. The van der Waals surface area contributed by atoms with Gasteiger partial charge in [0.1, 0.15) is 6.33 Å². The summed E-state index contributed by atoms with van der Waals surface area (Å²) in [5, 5.41) is 1.01. The van der Waals surface area contributed by atoms with Crippen molar-refractivity contribution in [2.24, 2.45) is 5.84 Å². The van der Waals surface area contributed by atoms with Crippen molar-refractivity contribution in [1.82, 2.24) is 20.4 Å². The van der Waals surface area contributed by atoms with E-state index in [2.05, 4.69) is 26.4 Å². The predicted molar refractivity (Wildman–Crippen MR) is 82.0 cm³/mol. The molecule has 1 aromatic carbocycles. The van der Waals surface area contributed by atoms with E-state index in [1.807, 2.05) is 18.2 Å². The Morgan fingerprint density at radius 3 is 2.95 bits per heavy atom. The van der Waals surface area contributed by atoms with E-state index < -0.39 is 0 Å². The topological polar surface area (TPSA) is 86.0 Å². The maximum absolute atomic E-state index is 5.66. The second-order valence-corrected chi connectivity index (χ2v) is 5.60. The highest BCUT2D eigenvalue weighted by atomic mass is 32.1. The largest absolute Gasteiger partial charge is 0.481 e. The van der Waals surface area contributed by atoms with Crippen molar-refractivity contribution in [2.75, 3.05) is 7.11 Å². The highest BCUT2D eigenvalue weighted by molar-refractivity contribution is 7.18. The smallest absolute Gasteiger partial charge is 0.216 e. The summed E-state index contributed by atoms with van der Waals surface area (Å²) >= 11 is 1.66. The minimum Gasteiger partial charge on any atom is -0.481 e. The minimum atomic E-state index is -0.137. The standard InChI is InChI=1S/C14H15N5OS/c1-20-13-6-10(16-8-17-13)11(19-15)7-14-18-9-4-2-3-5-12(9)21-14/h2-6,8,11,19H,7,15H2,1H3. The van der Waals surface area contributed by atoms with E-state index in [0.717, 1.165) is 16.2 Å². The predicted octanol–water partition coefficient (Wildman–Crippen LogP) is 1.84. The number of rotatable bonds is 5. The Hall–Kier alpha value is -2.09. The number of nitrogens with zero attached hydrogens (tertiary/aromatic N) is 3. The maximum atomic E-state index is 5.66. The molecule has 0 bridgehead atoms. The molecule has 1 unspecified atom stereocenters. The highest BCUT2D eigenvalue weighted by Gasteiger charge is 2.16. The van der Waals surface area contributed by atoms with Crippen LogP contribution < -0.4 is 16.0 Å². The van der Waals surface area contributed by atoms with Gasteiger partial charge in [0.2, 0.25) is 5.88 Å². The van der Waals surface area contributed by atoms with Crippen LogP contribution in [0.4, 0.5) is 0 Å². The first-order valence-corrected chi connectivity index (χ1v) is 7.28. The van der Waals surface area contributed by atoms with Crippen LogP contribution in [0, 0.1) is 0 Å². The molecule has 0 fully saturated rings.